The molecule has 6 aromatic carbocycles. The Balaban J connectivity index is 1.39. The summed E-state index contributed by atoms with van der Waals surface area (Å²) >= 11 is 0. The van der Waals surface area contributed by atoms with E-state index in [1.807, 2.05) is 0 Å². The summed E-state index contributed by atoms with van der Waals surface area (Å²) in [7, 11) is 0. The number of fused-ring (bicyclic) bond motifs is 7. The van der Waals surface area contributed by atoms with Gasteiger partial charge in [-0.05, 0) is 78.3 Å². The second-order valence-electron chi connectivity index (χ2n) is 14.2. The minimum atomic E-state index is -0.155. The van der Waals surface area contributed by atoms with Gasteiger partial charge in [-0.3, -0.25) is 0 Å². The van der Waals surface area contributed by atoms with Crippen LogP contribution in [0.25, 0.3) is 27.5 Å². The average molecular weight is 592 g/mol. The number of rotatable bonds is 3. The minimum Gasteiger partial charge on any atom is -0.335 e. The van der Waals surface area contributed by atoms with Gasteiger partial charge in [-0.2, -0.15) is 0 Å². The first-order chi connectivity index (χ1) is 22.4. The molecule has 0 spiro atoms. The van der Waals surface area contributed by atoms with Gasteiger partial charge >= 0.3 is 0 Å². The van der Waals surface area contributed by atoms with Crippen molar-refractivity contribution in [2.24, 2.45) is 0 Å². The van der Waals surface area contributed by atoms with Crippen molar-refractivity contribution < 1.29 is 0 Å². The zero-order valence-corrected chi connectivity index (χ0v) is 26.6. The molecular weight excluding hydrogens is 557 g/mol. The van der Waals surface area contributed by atoms with Gasteiger partial charge in [0.25, 0.3) is 6.71 Å². The van der Waals surface area contributed by atoms with Crippen LogP contribution in [0.2, 0.25) is 0 Å². The van der Waals surface area contributed by atoms with Crippen molar-refractivity contribution in [3.05, 3.63) is 139 Å². The third-order valence-corrected chi connectivity index (χ3v) is 11.6. The molecule has 0 N–H and O–H groups in total. The molecule has 0 saturated carbocycles. The Hall–Kier alpha value is -5.22. The number of hydrogen-bond donors (Lipinski definition) is 0. The normalized spacial score (nSPS) is 16.1. The van der Waals surface area contributed by atoms with Crippen molar-refractivity contribution in [2.75, 3.05) is 9.80 Å². The Kier molecular flexibility index (Phi) is 4.94. The fourth-order valence-electron chi connectivity index (χ4n) is 8.87. The van der Waals surface area contributed by atoms with Gasteiger partial charge in [0.2, 0.25) is 0 Å². The predicted octanol–water partition coefficient (Wildman–Crippen LogP) is 8.60. The number of aromatic nitrogens is 1. The highest BCUT2D eigenvalue weighted by Gasteiger charge is 2.56. The molecule has 220 valence electrons. The molecule has 46 heavy (non-hydrogen) atoms. The van der Waals surface area contributed by atoms with Crippen LogP contribution in [-0.4, -0.2) is 16.8 Å². The lowest BCUT2D eigenvalue weighted by Crippen LogP contribution is -2.63. The Morgan fingerprint density at radius 3 is 1.91 bits per heavy atom. The second kappa shape index (κ2) is 8.73. The number of nitrogens with zero attached hydrogens (tertiary/aromatic N) is 3. The standard InChI is InChI=1S/C42H34BN3/c1-41(2)32-21-14-23-34-40(32)46(42(41,3)4)37-26-29(44(27-15-7-5-8-16-27)28-17-9-6-10-18-28)25-36-38(37)43(34)33-22-13-20-31-30-19-11-12-24-35(30)45(36)39(31)33/h5-26H,1-4H3. The van der Waals surface area contributed by atoms with Crippen LogP contribution in [-0.2, 0) is 5.41 Å². The van der Waals surface area contributed by atoms with Crippen molar-refractivity contribution in [2.45, 2.75) is 38.6 Å². The quantitative estimate of drug-likeness (QED) is 0.191. The molecule has 7 aromatic rings. The van der Waals surface area contributed by atoms with E-state index in [4.69, 9.17) is 0 Å². The summed E-state index contributed by atoms with van der Waals surface area (Å²) in [5, 5.41) is 2.63. The number of anilines is 5. The van der Waals surface area contributed by atoms with Crippen LogP contribution in [0.15, 0.2) is 133 Å². The SMILES string of the molecule is CC1(C)c2cccc3c2N(c2cc(N(c4ccccc4)c4ccccc4)cc4c2B3c2cccc3c5ccccc5n-4c23)C1(C)C. The van der Waals surface area contributed by atoms with Gasteiger partial charge in [0.1, 0.15) is 0 Å². The first kappa shape index (κ1) is 26.0. The van der Waals surface area contributed by atoms with Gasteiger partial charge in [0.15, 0.2) is 0 Å². The molecular formula is C42H34BN3. The molecule has 1 aromatic heterocycles. The summed E-state index contributed by atoms with van der Waals surface area (Å²) in [5.74, 6) is 0. The van der Waals surface area contributed by atoms with Crippen LogP contribution in [0.1, 0.15) is 33.3 Å². The lowest BCUT2D eigenvalue weighted by atomic mass is 9.33. The van der Waals surface area contributed by atoms with Gasteiger partial charge in [-0.1, -0.05) is 105 Å². The molecule has 0 unspecified atom stereocenters. The summed E-state index contributed by atoms with van der Waals surface area (Å²) in [5.41, 5.74) is 15.5. The summed E-state index contributed by atoms with van der Waals surface area (Å²) in [4.78, 5) is 5.12. The van der Waals surface area contributed by atoms with Crippen LogP contribution in [0.5, 0.6) is 0 Å². The third kappa shape index (κ3) is 3.05. The molecule has 0 fully saturated rings. The monoisotopic (exact) mass is 591 g/mol. The highest BCUT2D eigenvalue weighted by Crippen LogP contribution is 2.56. The highest BCUT2D eigenvalue weighted by molar-refractivity contribution is 7.00. The van der Waals surface area contributed by atoms with Crippen LogP contribution < -0.4 is 26.2 Å². The Morgan fingerprint density at radius 1 is 0.565 bits per heavy atom. The Morgan fingerprint density at radius 2 is 1.17 bits per heavy atom. The van der Waals surface area contributed by atoms with E-state index in [1.165, 1.54) is 60.8 Å². The maximum absolute atomic E-state index is 2.70. The summed E-state index contributed by atoms with van der Waals surface area (Å²) in [6.45, 7) is 9.87. The average Bonchev–Trinajstić information content (AvgIpc) is 3.50. The first-order valence-corrected chi connectivity index (χ1v) is 16.4. The van der Waals surface area contributed by atoms with E-state index < -0.39 is 0 Å². The summed E-state index contributed by atoms with van der Waals surface area (Å²) in [6, 6.07) is 49.5. The zero-order chi connectivity index (χ0) is 30.9. The molecule has 3 aliphatic rings. The van der Waals surface area contributed by atoms with E-state index in [0.29, 0.717) is 0 Å². The van der Waals surface area contributed by atoms with Crippen molar-refractivity contribution in [3.8, 4) is 5.69 Å². The number of hydrogen-bond acceptors (Lipinski definition) is 2. The topological polar surface area (TPSA) is 11.4 Å². The van der Waals surface area contributed by atoms with E-state index in [9.17, 15) is 0 Å². The molecule has 3 aliphatic heterocycles. The van der Waals surface area contributed by atoms with Gasteiger partial charge in [-0.25, -0.2) is 0 Å². The molecule has 0 bridgehead atoms. The lowest BCUT2D eigenvalue weighted by Gasteiger charge is -2.47. The van der Waals surface area contributed by atoms with Crippen LogP contribution in [0.4, 0.5) is 28.4 Å². The minimum absolute atomic E-state index is 0.0543. The predicted molar refractivity (Wildman–Crippen MR) is 196 cm³/mol. The van der Waals surface area contributed by atoms with Crippen molar-refractivity contribution in [3.63, 3.8) is 0 Å². The first-order valence-electron chi connectivity index (χ1n) is 16.4. The third-order valence-electron chi connectivity index (χ3n) is 11.6. The second-order valence-corrected chi connectivity index (χ2v) is 14.2. The summed E-state index contributed by atoms with van der Waals surface area (Å²) in [6.07, 6.45) is 0. The fraction of sp³-hybridized carbons (Fsp3) is 0.143. The Bertz CT molecular complexity index is 2350. The van der Waals surface area contributed by atoms with Crippen molar-refractivity contribution >= 4 is 73.3 Å². The zero-order valence-electron chi connectivity index (χ0n) is 26.6. The molecule has 4 heteroatoms. The smallest absolute Gasteiger partial charge is 0.252 e. The summed E-state index contributed by atoms with van der Waals surface area (Å²) < 4.78 is 2.57. The number of para-hydroxylation sites is 5. The maximum Gasteiger partial charge on any atom is 0.252 e. The molecule has 0 radical (unpaired) electrons. The van der Waals surface area contributed by atoms with E-state index in [0.717, 1.165) is 17.1 Å². The molecule has 0 saturated heterocycles. The molecule has 3 nitrogen and oxygen atoms in total. The van der Waals surface area contributed by atoms with E-state index in [1.54, 1.807) is 0 Å². The maximum atomic E-state index is 2.70. The van der Waals surface area contributed by atoms with Gasteiger partial charge < -0.3 is 14.4 Å². The molecule has 0 atom stereocenters. The van der Waals surface area contributed by atoms with Crippen molar-refractivity contribution in [1.29, 1.82) is 0 Å². The van der Waals surface area contributed by atoms with Crippen LogP contribution in [0, 0.1) is 0 Å². The van der Waals surface area contributed by atoms with Crippen LogP contribution >= 0.6 is 0 Å². The number of benzene rings is 6. The molecule has 10 rings (SSSR count). The van der Waals surface area contributed by atoms with E-state index in [-0.39, 0.29) is 17.7 Å². The fourth-order valence-corrected chi connectivity index (χ4v) is 8.87. The lowest BCUT2D eigenvalue weighted by molar-refractivity contribution is 0.330. The largest absolute Gasteiger partial charge is 0.335 e. The molecule has 4 heterocycles. The van der Waals surface area contributed by atoms with E-state index >= 15 is 0 Å². The Labute approximate surface area is 270 Å². The molecule has 0 amide bonds. The molecule has 0 aliphatic carbocycles. The van der Waals surface area contributed by atoms with Crippen LogP contribution in [0.3, 0.4) is 0 Å². The van der Waals surface area contributed by atoms with Gasteiger partial charge in [0.05, 0.1) is 11.2 Å². The van der Waals surface area contributed by atoms with Gasteiger partial charge in [-0.15, -0.1) is 0 Å². The van der Waals surface area contributed by atoms with Gasteiger partial charge in [0, 0.05) is 55.7 Å². The van der Waals surface area contributed by atoms with Crippen molar-refractivity contribution in [1.82, 2.24) is 4.57 Å². The van der Waals surface area contributed by atoms with E-state index in [2.05, 4.69) is 176 Å². The highest BCUT2D eigenvalue weighted by atomic mass is 15.3.